The van der Waals surface area contributed by atoms with Crippen LogP contribution in [-0.4, -0.2) is 123 Å². The van der Waals surface area contributed by atoms with Crippen molar-refractivity contribution < 1.29 is 58.2 Å². The molecule has 70 heavy (non-hydrogen) atoms. The minimum atomic E-state index is -1.54. The highest BCUT2D eigenvalue weighted by Gasteiger charge is 2.65. The van der Waals surface area contributed by atoms with E-state index in [1.54, 1.807) is 17.0 Å². The van der Waals surface area contributed by atoms with E-state index in [-0.39, 0.29) is 83.6 Å². The molecular weight excluding hydrogens is 895 g/mol. The molecule has 3 aliphatic rings. The number of benzene rings is 2. The van der Waals surface area contributed by atoms with E-state index in [1.165, 1.54) is 52.1 Å². The van der Waals surface area contributed by atoms with Crippen LogP contribution >= 0.6 is 0 Å². The van der Waals surface area contributed by atoms with Crippen molar-refractivity contribution in [1.82, 2.24) is 10.2 Å². The van der Waals surface area contributed by atoms with Gasteiger partial charge in [0, 0.05) is 44.2 Å². The lowest BCUT2D eigenvalue weighted by atomic mass is 9.55. The third-order valence-electron chi connectivity index (χ3n) is 13.7. The molecule has 2 aliphatic carbocycles. The number of allylic oxidation sites excluding steroid dienone is 1. The molecular formula is C55H83N3O12. The van der Waals surface area contributed by atoms with Gasteiger partial charge >= 0.3 is 12.2 Å². The lowest BCUT2D eigenvalue weighted by Crippen LogP contribution is -2.70. The highest BCUT2D eigenvalue weighted by molar-refractivity contribution is 6.03. The van der Waals surface area contributed by atoms with Gasteiger partial charge in [-0.3, -0.25) is 4.90 Å². The zero-order chi connectivity index (χ0) is 49.8. The number of nitrogens with one attached hydrogen (secondary N) is 1. The fourth-order valence-electron chi connectivity index (χ4n) is 10.5. The minimum absolute atomic E-state index is 0.0147. The van der Waals surface area contributed by atoms with Gasteiger partial charge in [-0.25, -0.2) is 9.59 Å². The summed E-state index contributed by atoms with van der Waals surface area (Å²) in [5.41, 5.74) is 3.30. The molecule has 2 aromatic carbocycles. The number of oxime groups is 1. The van der Waals surface area contributed by atoms with E-state index in [1.807, 2.05) is 42.5 Å². The highest BCUT2D eigenvalue weighted by atomic mass is 16.7. The molecule has 0 spiro atoms. The van der Waals surface area contributed by atoms with Gasteiger partial charge in [0.2, 0.25) is 5.79 Å². The second-order valence-corrected chi connectivity index (χ2v) is 18.6. The summed E-state index contributed by atoms with van der Waals surface area (Å²) in [6, 6.07) is 14.3. The maximum atomic E-state index is 14.6. The molecule has 15 nitrogen and oxygen atoms in total. The van der Waals surface area contributed by atoms with Crippen LogP contribution in [0.5, 0.6) is 11.5 Å². The molecule has 6 atom stereocenters. The number of rotatable bonds is 35. The Bertz CT molecular complexity index is 1900. The molecule has 1 heterocycles. The van der Waals surface area contributed by atoms with E-state index in [2.05, 4.69) is 30.1 Å². The van der Waals surface area contributed by atoms with Gasteiger partial charge in [0.15, 0.2) is 0 Å². The summed E-state index contributed by atoms with van der Waals surface area (Å²) in [5, 5.41) is 37.1. The molecule has 0 radical (unpaired) electrons. The topological polar surface area (TPSA) is 187 Å². The maximum absolute atomic E-state index is 14.6. The normalized spacial score (nSPS) is 21.8. The first kappa shape index (κ1) is 56.4. The van der Waals surface area contributed by atoms with Crippen LogP contribution in [0.3, 0.4) is 0 Å². The number of fused-ring (bicyclic) bond motifs is 2. The molecule has 15 heteroatoms. The van der Waals surface area contributed by atoms with E-state index in [0.29, 0.717) is 43.2 Å². The van der Waals surface area contributed by atoms with Crippen LogP contribution in [0.4, 0.5) is 9.59 Å². The number of nitrogens with zero attached hydrogens (tertiary/aromatic N) is 2. The van der Waals surface area contributed by atoms with Crippen LogP contribution in [0.1, 0.15) is 133 Å². The van der Waals surface area contributed by atoms with Crippen LogP contribution < -0.4 is 14.8 Å². The number of aliphatic hydroxyl groups is 3. The van der Waals surface area contributed by atoms with Gasteiger partial charge in [0.05, 0.1) is 51.3 Å². The van der Waals surface area contributed by atoms with Gasteiger partial charge in [-0.15, -0.1) is 6.58 Å². The number of ether oxygens (including phenoxy) is 6. The second-order valence-electron chi connectivity index (χ2n) is 18.6. The molecule has 1 aliphatic heterocycles. The number of aliphatic hydroxyl groups excluding tert-OH is 3. The first-order chi connectivity index (χ1) is 34.3. The molecule has 6 unspecified atom stereocenters. The average molecular weight is 978 g/mol. The Morgan fingerprint density at radius 3 is 2.29 bits per heavy atom. The van der Waals surface area contributed by atoms with Gasteiger partial charge in [-0.2, -0.15) is 0 Å². The Kier molecular flexibility index (Phi) is 25.6. The van der Waals surface area contributed by atoms with Crippen molar-refractivity contribution in [3.63, 3.8) is 0 Å². The van der Waals surface area contributed by atoms with E-state index in [9.17, 15) is 24.9 Å². The zero-order valence-electron chi connectivity index (χ0n) is 42.1. The summed E-state index contributed by atoms with van der Waals surface area (Å²) in [5.74, 6) is -1.59. The molecule has 0 saturated heterocycles. The van der Waals surface area contributed by atoms with Crippen LogP contribution in [0, 0.1) is 17.8 Å². The van der Waals surface area contributed by atoms with Gasteiger partial charge in [0.1, 0.15) is 31.3 Å². The quantitative estimate of drug-likeness (QED) is 0.0292. The first-order valence-corrected chi connectivity index (χ1v) is 26.2. The van der Waals surface area contributed by atoms with E-state index < -0.39 is 29.9 Å². The molecule has 1 saturated carbocycles. The third-order valence-corrected chi connectivity index (χ3v) is 13.7. The fraction of sp³-hybridized carbons (Fsp3) is 0.655. The molecule has 390 valence electrons. The van der Waals surface area contributed by atoms with Crippen LogP contribution in [0.25, 0.3) is 0 Å². The standard InChI is InChI=1S/C55H83N3O12/c1-4-6-7-8-9-10-11-12-13-19-28-56-53(62)69-44-26-27-49-47(39-44)51-45(25-18-21-31-60)43(24-17-20-30-59)38-46-48(57-64-3)40-50(55(70-49,52(46)51)68-33-5-2)58(29-34-65-35-32-61)54(63)67-37-36-66-41-42-22-15-14-16-23-42/h5,14-16,22-23,26-27,38-39,43,45,50-52,59-61H,2,4,6-13,17-21,24-25,28-37,40-41H2,1,3H3,(H,56,62). The second kappa shape index (κ2) is 31.7. The Hall–Kier alpha value is -4.51. The summed E-state index contributed by atoms with van der Waals surface area (Å²) in [6.45, 7) is 7.48. The molecule has 2 amide bonds. The van der Waals surface area contributed by atoms with Crippen molar-refractivity contribution in [3.05, 3.63) is 84.0 Å². The van der Waals surface area contributed by atoms with Crippen molar-refractivity contribution in [1.29, 1.82) is 0 Å². The van der Waals surface area contributed by atoms with Crippen LogP contribution in [0.15, 0.2) is 78.0 Å². The first-order valence-electron chi connectivity index (χ1n) is 26.2. The number of hydrogen-bond acceptors (Lipinski definition) is 13. The molecule has 1 fully saturated rings. The Morgan fingerprint density at radius 1 is 0.857 bits per heavy atom. The predicted molar refractivity (Wildman–Crippen MR) is 270 cm³/mol. The van der Waals surface area contributed by atoms with E-state index in [0.717, 1.165) is 61.6 Å². The predicted octanol–water partition coefficient (Wildman–Crippen LogP) is 9.62. The van der Waals surface area contributed by atoms with E-state index >= 15 is 0 Å². The van der Waals surface area contributed by atoms with Crippen molar-refractivity contribution in [2.24, 2.45) is 22.9 Å². The third kappa shape index (κ3) is 16.5. The highest BCUT2D eigenvalue weighted by Crippen LogP contribution is 2.62. The summed E-state index contributed by atoms with van der Waals surface area (Å²) < 4.78 is 37.9. The van der Waals surface area contributed by atoms with Gasteiger partial charge < -0.3 is 53.9 Å². The number of hydrogen-bond donors (Lipinski definition) is 4. The largest absolute Gasteiger partial charge is 0.459 e. The lowest BCUT2D eigenvalue weighted by Gasteiger charge is -2.59. The zero-order valence-corrected chi connectivity index (χ0v) is 42.1. The molecule has 5 rings (SSSR count). The summed E-state index contributed by atoms with van der Waals surface area (Å²) in [7, 11) is 1.50. The number of amides is 2. The number of carbonyl (C=O) groups excluding carboxylic acids is 2. The molecule has 0 bridgehead atoms. The van der Waals surface area contributed by atoms with Crippen LogP contribution in [0.2, 0.25) is 0 Å². The van der Waals surface area contributed by atoms with Crippen molar-refractivity contribution in [2.75, 3.05) is 73.1 Å². The Morgan fingerprint density at radius 2 is 1.59 bits per heavy atom. The monoisotopic (exact) mass is 978 g/mol. The van der Waals surface area contributed by atoms with E-state index in [4.69, 9.17) is 33.3 Å². The maximum Gasteiger partial charge on any atom is 0.412 e. The summed E-state index contributed by atoms with van der Waals surface area (Å²) in [4.78, 5) is 35.1. The van der Waals surface area contributed by atoms with Gasteiger partial charge in [0.25, 0.3) is 0 Å². The SMILES string of the molecule is C=CCOC12Oc3ccc(OC(=O)NCCCCCCCCCCCC)cc3C3C(CCCCO)C(CCCCO)C=C(C(=NOC)CC1N(CCOCCO)C(=O)OCCOCc1ccccc1)C32. The van der Waals surface area contributed by atoms with Gasteiger partial charge in [-0.05, 0) is 73.3 Å². The van der Waals surface area contributed by atoms with Crippen molar-refractivity contribution in [3.8, 4) is 11.5 Å². The molecule has 2 aromatic rings. The smallest absolute Gasteiger partial charge is 0.412 e. The Balaban J connectivity index is 1.50. The summed E-state index contributed by atoms with van der Waals surface area (Å²) in [6.07, 6.45) is 19.2. The van der Waals surface area contributed by atoms with Crippen LogP contribution in [-0.2, 0) is 30.4 Å². The summed E-state index contributed by atoms with van der Waals surface area (Å²) >= 11 is 0. The number of unbranched alkanes of at least 4 members (excludes halogenated alkanes) is 11. The molecule has 4 N–H and O–H groups in total. The Labute approximate surface area is 416 Å². The number of carbonyl (C=O) groups is 2. The minimum Gasteiger partial charge on any atom is -0.459 e. The molecule has 0 aromatic heterocycles. The van der Waals surface area contributed by atoms with Crippen molar-refractivity contribution in [2.45, 2.75) is 140 Å². The average Bonchev–Trinajstić information content (AvgIpc) is 3.36. The van der Waals surface area contributed by atoms with Gasteiger partial charge in [-0.1, -0.05) is 125 Å². The lowest BCUT2D eigenvalue weighted by molar-refractivity contribution is -0.256. The fourth-order valence-corrected chi connectivity index (χ4v) is 10.5. The van der Waals surface area contributed by atoms with Crippen molar-refractivity contribution >= 4 is 17.9 Å².